The Morgan fingerprint density at radius 2 is 1.29 bits per heavy atom. The summed E-state index contributed by atoms with van der Waals surface area (Å²) in [5.41, 5.74) is 1.13. The van der Waals surface area contributed by atoms with Crippen LogP contribution in [0.4, 0.5) is 5.69 Å². The number of carbonyl (C=O) groups excluding carboxylic acids is 3. The fraction of sp³-hybridized carbons (Fsp3) is 0.214. The molecule has 38 heavy (non-hydrogen) atoms. The van der Waals surface area contributed by atoms with Crippen LogP contribution < -0.4 is 14.8 Å². The number of aliphatic carboxylic acids is 1. The number of benzene rings is 3. The second-order valence-corrected chi connectivity index (χ2v) is 7.95. The van der Waals surface area contributed by atoms with Crippen LogP contribution >= 0.6 is 0 Å². The van der Waals surface area contributed by atoms with E-state index in [-0.39, 0.29) is 11.1 Å². The van der Waals surface area contributed by atoms with Gasteiger partial charge in [-0.3, -0.25) is 4.79 Å². The maximum atomic E-state index is 13.3. The molecule has 10 nitrogen and oxygen atoms in total. The lowest BCUT2D eigenvalue weighted by Gasteiger charge is -2.24. The van der Waals surface area contributed by atoms with Crippen molar-refractivity contribution in [2.24, 2.45) is 0 Å². The average Bonchev–Trinajstić information content (AvgIpc) is 2.94. The Balaban J connectivity index is 1.95. The highest BCUT2D eigenvalue weighted by molar-refractivity contribution is 6.02. The summed E-state index contributed by atoms with van der Waals surface area (Å²) in [7, 11) is 2.81. The molecule has 2 atom stereocenters. The Bertz CT molecular complexity index is 1320. The molecule has 3 aromatic carbocycles. The largest absolute Gasteiger partial charge is 0.497 e. The molecule has 3 aromatic rings. The molecule has 0 heterocycles. The Morgan fingerprint density at radius 1 is 0.763 bits per heavy atom. The van der Waals surface area contributed by atoms with Crippen molar-refractivity contribution in [3.63, 3.8) is 0 Å². The summed E-state index contributed by atoms with van der Waals surface area (Å²) < 4.78 is 20.8. The quantitative estimate of drug-likeness (QED) is 0.361. The molecule has 0 saturated heterocycles. The lowest BCUT2D eigenvalue weighted by atomic mass is 10.1. The Hall–Kier alpha value is -4.86. The molecule has 2 N–H and O–H groups in total. The van der Waals surface area contributed by atoms with Crippen molar-refractivity contribution in [1.29, 1.82) is 0 Å². The molecule has 1 amide bonds. The third-order valence-electron chi connectivity index (χ3n) is 5.51. The maximum Gasteiger partial charge on any atom is 0.349 e. The van der Waals surface area contributed by atoms with Gasteiger partial charge in [-0.15, -0.1) is 0 Å². The Kier molecular flexibility index (Phi) is 9.42. The summed E-state index contributed by atoms with van der Waals surface area (Å²) in [6.45, 7) is 1.88. The van der Waals surface area contributed by atoms with E-state index in [4.69, 9.17) is 18.9 Å². The topological polar surface area (TPSA) is 137 Å². The van der Waals surface area contributed by atoms with Gasteiger partial charge in [0.25, 0.3) is 5.91 Å². The van der Waals surface area contributed by atoms with Crippen LogP contribution in [0, 0.1) is 0 Å². The molecule has 198 valence electrons. The lowest BCUT2D eigenvalue weighted by Crippen LogP contribution is -2.48. The van der Waals surface area contributed by atoms with Crippen molar-refractivity contribution in [1.82, 2.24) is 0 Å². The van der Waals surface area contributed by atoms with Gasteiger partial charge in [0.15, 0.2) is 0 Å². The minimum atomic E-state index is -2.17. The summed E-state index contributed by atoms with van der Waals surface area (Å²) in [5.74, 6) is -4.08. The van der Waals surface area contributed by atoms with Gasteiger partial charge in [-0.25, -0.2) is 14.4 Å². The molecule has 0 aliphatic carbocycles. The smallest absolute Gasteiger partial charge is 0.349 e. The summed E-state index contributed by atoms with van der Waals surface area (Å²) >= 11 is 0. The Labute approximate surface area is 219 Å². The van der Waals surface area contributed by atoms with E-state index in [9.17, 15) is 24.3 Å². The number of hydrogen-bond acceptors (Lipinski definition) is 8. The number of rotatable bonds is 11. The van der Waals surface area contributed by atoms with Crippen LogP contribution in [0.25, 0.3) is 0 Å². The molecule has 0 aliphatic heterocycles. The number of carbonyl (C=O) groups is 4. The van der Waals surface area contributed by atoms with Gasteiger partial charge in [0, 0.05) is 5.69 Å². The summed E-state index contributed by atoms with van der Waals surface area (Å²) in [4.78, 5) is 51.4. The van der Waals surface area contributed by atoms with E-state index >= 15 is 0 Å². The van der Waals surface area contributed by atoms with Crippen LogP contribution in [0.15, 0.2) is 72.8 Å². The van der Waals surface area contributed by atoms with Crippen molar-refractivity contribution in [3.8, 4) is 11.5 Å². The number of para-hydroxylation sites is 1. The first-order valence-corrected chi connectivity index (χ1v) is 11.6. The molecular weight excluding hydrogens is 494 g/mol. The van der Waals surface area contributed by atoms with Crippen LogP contribution in [-0.4, -0.2) is 55.3 Å². The van der Waals surface area contributed by atoms with Crippen LogP contribution in [0.3, 0.4) is 0 Å². The first kappa shape index (κ1) is 27.7. The fourth-order valence-corrected chi connectivity index (χ4v) is 3.52. The van der Waals surface area contributed by atoms with Crippen molar-refractivity contribution >= 4 is 29.5 Å². The fourth-order valence-electron chi connectivity index (χ4n) is 3.52. The standard InChI is InChI=1S/C28H27NO9/c1-4-17-9-5-6-14-22(17)29-25(30)23(37-27(33)18-10-7-12-20(15-18)35-2)24(26(31)32)38-28(34)19-11-8-13-21(16-19)36-3/h5-16,23-24H,4H2,1-3H3,(H,29,30)(H,31,32)/t23-,24-/m0/s1. The van der Waals surface area contributed by atoms with E-state index in [1.807, 2.05) is 6.92 Å². The molecule has 3 rings (SSSR count). The molecule has 0 spiro atoms. The molecule has 0 aliphatic rings. The van der Waals surface area contributed by atoms with Crippen molar-refractivity contribution < 1.29 is 43.2 Å². The second-order valence-electron chi connectivity index (χ2n) is 7.95. The lowest BCUT2D eigenvalue weighted by molar-refractivity contribution is -0.157. The van der Waals surface area contributed by atoms with Crippen molar-refractivity contribution in [3.05, 3.63) is 89.5 Å². The van der Waals surface area contributed by atoms with Gasteiger partial charge in [0.2, 0.25) is 12.2 Å². The highest BCUT2D eigenvalue weighted by Crippen LogP contribution is 2.21. The number of methoxy groups -OCH3 is 2. The number of esters is 2. The van der Waals surface area contributed by atoms with Crippen LogP contribution in [-0.2, 0) is 25.5 Å². The van der Waals surface area contributed by atoms with Crippen LogP contribution in [0.2, 0.25) is 0 Å². The van der Waals surface area contributed by atoms with Gasteiger partial charge in [0.1, 0.15) is 11.5 Å². The number of carboxylic acids is 1. The van der Waals surface area contributed by atoms with Gasteiger partial charge in [-0.2, -0.15) is 0 Å². The number of hydrogen-bond donors (Lipinski definition) is 2. The summed E-state index contributed by atoms with van der Waals surface area (Å²) in [5, 5.41) is 12.5. The molecule has 0 aromatic heterocycles. The van der Waals surface area contributed by atoms with Crippen molar-refractivity contribution in [2.75, 3.05) is 19.5 Å². The number of amides is 1. The van der Waals surface area contributed by atoms with E-state index < -0.39 is 36.0 Å². The minimum Gasteiger partial charge on any atom is -0.497 e. The average molecular weight is 522 g/mol. The molecule has 0 saturated carbocycles. The maximum absolute atomic E-state index is 13.3. The van der Waals surface area contributed by atoms with Gasteiger partial charge < -0.3 is 29.4 Å². The van der Waals surface area contributed by atoms with Crippen LogP contribution in [0.1, 0.15) is 33.2 Å². The molecular formula is C28H27NO9. The predicted molar refractivity (Wildman–Crippen MR) is 136 cm³/mol. The number of anilines is 1. The third kappa shape index (κ3) is 6.88. The van der Waals surface area contributed by atoms with E-state index in [2.05, 4.69) is 5.32 Å². The van der Waals surface area contributed by atoms with Gasteiger partial charge in [-0.1, -0.05) is 37.3 Å². The summed E-state index contributed by atoms with van der Waals surface area (Å²) in [6.07, 6.45) is -3.64. The number of nitrogens with one attached hydrogen (secondary N) is 1. The highest BCUT2D eigenvalue weighted by Gasteiger charge is 2.41. The van der Waals surface area contributed by atoms with Gasteiger partial charge >= 0.3 is 17.9 Å². The molecule has 0 unspecified atom stereocenters. The Morgan fingerprint density at radius 3 is 1.79 bits per heavy atom. The van der Waals surface area contributed by atoms with Crippen LogP contribution in [0.5, 0.6) is 11.5 Å². The first-order chi connectivity index (χ1) is 18.3. The number of ether oxygens (including phenoxy) is 4. The zero-order valence-corrected chi connectivity index (χ0v) is 21.0. The zero-order valence-electron chi connectivity index (χ0n) is 21.0. The van der Waals surface area contributed by atoms with E-state index in [1.165, 1.54) is 50.6 Å². The SMILES string of the molecule is CCc1ccccc1NC(=O)[C@@H](OC(=O)c1cccc(OC)c1)[C@H](OC(=O)c1cccc(OC)c1)C(=O)O. The predicted octanol–water partition coefficient (Wildman–Crippen LogP) is 3.74. The second kappa shape index (κ2) is 12.9. The minimum absolute atomic E-state index is 0.000584. The van der Waals surface area contributed by atoms with Gasteiger partial charge in [0.05, 0.1) is 25.3 Å². The van der Waals surface area contributed by atoms with Crippen molar-refractivity contribution in [2.45, 2.75) is 25.6 Å². The molecule has 0 radical (unpaired) electrons. The van der Waals surface area contributed by atoms with Gasteiger partial charge in [-0.05, 0) is 54.4 Å². The molecule has 10 heteroatoms. The third-order valence-corrected chi connectivity index (χ3v) is 5.51. The molecule has 0 fully saturated rings. The highest BCUT2D eigenvalue weighted by atomic mass is 16.6. The van der Waals surface area contributed by atoms with E-state index in [1.54, 1.807) is 36.4 Å². The number of carboxylic acid groups (broad SMARTS) is 1. The summed E-state index contributed by atoms with van der Waals surface area (Å²) in [6, 6.07) is 18.6. The number of aryl methyl sites for hydroxylation is 1. The van der Waals surface area contributed by atoms with E-state index in [0.717, 1.165) is 5.56 Å². The van der Waals surface area contributed by atoms with E-state index in [0.29, 0.717) is 23.6 Å². The monoisotopic (exact) mass is 521 g/mol. The zero-order chi connectivity index (χ0) is 27.7. The normalized spacial score (nSPS) is 12.0. The molecule has 0 bridgehead atoms. The first-order valence-electron chi connectivity index (χ1n) is 11.6.